The molecule has 3 heteroatoms. The van der Waals surface area contributed by atoms with E-state index in [-0.39, 0.29) is 0 Å². The maximum Gasteiger partial charge on any atom is 0.0816 e. The minimum Gasteiger partial charge on any atom is -0.388 e. The van der Waals surface area contributed by atoms with Crippen molar-refractivity contribution in [3.63, 3.8) is 0 Å². The lowest BCUT2D eigenvalue weighted by Gasteiger charge is -2.21. The van der Waals surface area contributed by atoms with Gasteiger partial charge in [0.2, 0.25) is 0 Å². The molecule has 0 aliphatic rings. The predicted molar refractivity (Wildman–Crippen MR) is 77.9 cm³/mol. The number of rotatable bonds is 8. The summed E-state index contributed by atoms with van der Waals surface area (Å²) in [6, 6.07) is 7.40. The van der Waals surface area contributed by atoms with Crippen molar-refractivity contribution in [3.8, 4) is 0 Å². The van der Waals surface area contributed by atoms with Gasteiger partial charge in [-0.15, -0.1) is 13.2 Å². The molecular formula is C15H20ClNO. The molecule has 1 aromatic rings. The van der Waals surface area contributed by atoms with Crippen LogP contribution in [0.5, 0.6) is 0 Å². The van der Waals surface area contributed by atoms with Gasteiger partial charge in [0, 0.05) is 24.7 Å². The topological polar surface area (TPSA) is 23.5 Å². The van der Waals surface area contributed by atoms with Crippen molar-refractivity contribution >= 4 is 11.6 Å². The second kappa shape index (κ2) is 8.09. The van der Waals surface area contributed by atoms with Gasteiger partial charge in [0.15, 0.2) is 0 Å². The van der Waals surface area contributed by atoms with E-state index < -0.39 is 6.10 Å². The molecule has 18 heavy (non-hydrogen) atoms. The molecule has 0 saturated heterocycles. The normalized spacial score (nSPS) is 12.4. The molecule has 2 nitrogen and oxygen atoms in total. The molecule has 1 rings (SSSR count). The second-order valence-electron chi connectivity index (χ2n) is 4.16. The highest BCUT2D eigenvalue weighted by Gasteiger charge is 2.12. The third-order valence-corrected chi connectivity index (χ3v) is 3.10. The van der Waals surface area contributed by atoms with Crippen LogP contribution in [0.4, 0.5) is 0 Å². The summed E-state index contributed by atoms with van der Waals surface area (Å²) < 4.78 is 0. The quantitative estimate of drug-likeness (QED) is 0.728. The van der Waals surface area contributed by atoms with E-state index in [0.29, 0.717) is 11.4 Å². The van der Waals surface area contributed by atoms with Crippen LogP contribution in [0.2, 0.25) is 5.02 Å². The molecule has 1 N–H and O–H groups in total. The van der Waals surface area contributed by atoms with Gasteiger partial charge < -0.3 is 5.11 Å². The maximum absolute atomic E-state index is 10.1. The van der Waals surface area contributed by atoms with Crippen LogP contribution in [-0.4, -0.2) is 29.6 Å². The van der Waals surface area contributed by atoms with Gasteiger partial charge in [-0.3, -0.25) is 4.90 Å². The first-order valence-electron chi connectivity index (χ1n) is 6.05. The number of aliphatic hydroxyl groups is 1. The van der Waals surface area contributed by atoms with Crippen LogP contribution in [-0.2, 0) is 0 Å². The van der Waals surface area contributed by atoms with Crippen LogP contribution < -0.4 is 0 Å². The number of benzene rings is 1. The Morgan fingerprint density at radius 2 is 1.83 bits per heavy atom. The predicted octanol–water partition coefficient (Wildman–Crippen LogP) is 3.44. The van der Waals surface area contributed by atoms with Crippen molar-refractivity contribution in [2.24, 2.45) is 0 Å². The zero-order valence-corrected chi connectivity index (χ0v) is 11.3. The third-order valence-electron chi connectivity index (χ3n) is 2.76. The molecule has 1 aromatic carbocycles. The van der Waals surface area contributed by atoms with Crippen LogP contribution in [0.1, 0.15) is 18.1 Å². The first-order valence-corrected chi connectivity index (χ1v) is 6.43. The van der Waals surface area contributed by atoms with E-state index in [0.717, 1.165) is 25.2 Å². The molecule has 0 amide bonds. The molecule has 0 saturated carbocycles. The van der Waals surface area contributed by atoms with Gasteiger partial charge in [-0.05, 0) is 18.1 Å². The van der Waals surface area contributed by atoms with E-state index in [1.54, 1.807) is 6.07 Å². The van der Waals surface area contributed by atoms with E-state index in [1.807, 2.05) is 30.4 Å². The van der Waals surface area contributed by atoms with Gasteiger partial charge in [0.25, 0.3) is 0 Å². The van der Waals surface area contributed by atoms with E-state index >= 15 is 0 Å². The van der Waals surface area contributed by atoms with Crippen molar-refractivity contribution in [2.75, 3.05) is 19.6 Å². The van der Waals surface area contributed by atoms with Gasteiger partial charge in [0.05, 0.1) is 6.10 Å². The first kappa shape index (κ1) is 15.0. The minimum absolute atomic E-state index is 0.532. The van der Waals surface area contributed by atoms with Crippen molar-refractivity contribution in [2.45, 2.75) is 12.5 Å². The molecule has 0 bridgehead atoms. The summed E-state index contributed by atoms with van der Waals surface area (Å²) in [5, 5.41) is 10.7. The molecular weight excluding hydrogens is 246 g/mol. The number of hydrogen-bond donors (Lipinski definition) is 1. The van der Waals surface area contributed by atoms with Gasteiger partial charge >= 0.3 is 0 Å². The number of hydrogen-bond acceptors (Lipinski definition) is 2. The highest BCUT2D eigenvalue weighted by molar-refractivity contribution is 6.31. The van der Waals surface area contributed by atoms with Crippen LogP contribution in [0.3, 0.4) is 0 Å². The van der Waals surface area contributed by atoms with Crippen LogP contribution >= 0.6 is 11.6 Å². The molecule has 1 unspecified atom stereocenters. The lowest BCUT2D eigenvalue weighted by Crippen LogP contribution is -2.26. The number of nitrogens with zero attached hydrogens (tertiary/aromatic N) is 1. The molecule has 0 aromatic heterocycles. The first-order chi connectivity index (χ1) is 8.69. The molecule has 0 aliphatic heterocycles. The Labute approximate surface area is 114 Å². The van der Waals surface area contributed by atoms with Gasteiger partial charge in [0.1, 0.15) is 0 Å². The Kier molecular flexibility index (Phi) is 6.73. The summed E-state index contributed by atoms with van der Waals surface area (Å²) in [7, 11) is 0. The minimum atomic E-state index is -0.532. The van der Waals surface area contributed by atoms with Crippen molar-refractivity contribution < 1.29 is 5.11 Å². The number of aliphatic hydroxyl groups excluding tert-OH is 1. The van der Waals surface area contributed by atoms with Crippen molar-refractivity contribution in [3.05, 3.63) is 60.2 Å². The summed E-state index contributed by atoms with van der Waals surface area (Å²) in [6.07, 6.45) is 3.82. The van der Waals surface area contributed by atoms with Gasteiger partial charge in [-0.2, -0.15) is 0 Å². The summed E-state index contributed by atoms with van der Waals surface area (Å²) in [4.78, 5) is 2.17. The molecule has 0 spiro atoms. The fourth-order valence-corrected chi connectivity index (χ4v) is 2.09. The molecule has 0 heterocycles. The molecule has 0 aliphatic carbocycles. The van der Waals surface area contributed by atoms with Crippen LogP contribution in [0, 0.1) is 0 Å². The maximum atomic E-state index is 10.1. The smallest absolute Gasteiger partial charge is 0.0816 e. The van der Waals surface area contributed by atoms with Gasteiger partial charge in [-0.25, -0.2) is 0 Å². The zero-order valence-electron chi connectivity index (χ0n) is 10.6. The Balaban J connectivity index is 2.54. The summed E-state index contributed by atoms with van der Waals surface area (Å²) >= 11 is 6.05. The van der Waals surface area contributed by atoms with E-state index in [2.05, 4.69) is 18.1 Å². The van der Waals surface area contributed by atoms with E-state index in [1.165, 1.54) is 0 Å². The molecule has 0 fully saturated rings. The van der Waals surface area contributed by atoms with Crippen LogP contribution in [0.15, 0.2) is 49.6 Å². The highest BCUT2D eigenvalue weighted by Crippen LogP contribution is 2.24. The molecule has 1 atom stereocenters. The summed E-state index contributed by atoms with van der Waals surface area (Å²) in [5.41, 5.74) is 0.788. The average Bonchev–Trinajstić information content (AvgIpc) is 2.36. The Morgan fingerprint density at radius 1 is 1.22 bits per heavy atom. The third kappa shape index (κ3) is 4.65. The zero-order chi connectivity index (χ0) is 13.4. The largest absolute Gasteiger partial charge is 0.388 e. The standard InChI is InChI=1S/C15H20ClNO/c1-3-10-17(11-4-2)12-9-15(18)13-7-5-6-8-14(13)16/h3-8,15,18H,1-2,9-12H2. The fraction of sp³-hybridized carbons (Fsp3) is 0.333. The number of halogens is 1. The molecule has 98 valence electrons. The SMILES string of the molecule is C=CCN(CC=C)CCC(O)c1ccccc1Cl. The highest BCUT2D eigenvalue weighted by atomic mass is 35.5. The fourth-order valence-electron chi connectivity index (χ4n) is 1.83. The van der Waals surface area contributed by atoms with Crippen LogP contribution in [0.25, 0.3) is 0 Å². The molecule has 0 radical (unpaired) electrons. The van der Waals surface area contributed by atoms with Gasteiger partial charge in [-0.1, -0.05) is 42.0 Å². The Hall–Kier alpha value is -1.09. The Bertz CT molecular complexity index is 382. The average molecular weight is 266 g/mol. The van der Waals surface area contributed by atoms with Crippen molar-refractivity contribution in [1.29, 1.82) is 0 Å². The summed E-state index contributed by atoms with van der Waals surface area (Å²) in [6.45, 7) is 9.81. The second-order valence-corrected chi connectivity index (χ2v) is 4.57. The van der Waals surface area contributed by atoms with Crippen molar-refractivity contribution in [1.82, 2.24) is 4.90 Å². The summed E-state index contributed by atoms with van der Waals surface area (Å²) in [5.74, 6) is 0. The lowest BCUT2D eigenvalue weighted by atomic mass is 10.1. The Morgan fingerprint density at radius 3 is 2.39 bits per heavy atom. The van der Waals surface area contributed by atoms with E-state index in [9.17, 15) is 5.11 Å². The van der Waals surface area contributed by atoms with E-state index in [4.69, 9.17) is 11.6 Å². The lowest BCUT2D eigenvalue weighted by molar-refractivity contribution is 0.148. The monoisotopic (exact) mass is 265 g/mol.